The van der Waals surface area contributed by atoms with Crippen molar-refractivity contribution in [3.63, 3.8) is 0 Å². The molecule has 92 valence electrons. The Kier molecular flexibility index (Phi) is 3.83. The Labute approximate surface area is 104 Å². The summed E-state index contributed by atoms with van der Waals surface area (Å²) in [6, 6.07) is 0. The molecule has 0 spiro atoms. The topological polar surface area (TPSA) is 66.5 Å². The monoisotopic (exact) mass is 254 g/mol. The van der Waals surface area contributed by atoms with E-state index < -0.39 is 11.1 Å². The van der Waals surface area contributed by atoms with Crippen molar-refractivity contribution in [3.05, 3.63) is 11.0 Å². The predicted octanol–water partition coefficient (Wildman–Crippen LogP) is 1.26. The van der Waals surface area contributed by atoms with Gasteiger partial charge in [0.15, 0.2) is 0 Å². The third-order valence-electron chi connectivity index (χ3n) is 2.81. The van der Waals surface area contributed by atoms with Crippen LogP contribution < -0.4 is 5.32 Å². The second kappa shape index (κ2) is 5.35. The highest BCUT2D eigenvalue weighted by Crippen LogP contribution is 2.23. The number of rotatable bonds is 1. The normalized spacial score (nSPS) is 23.8. The summed E-state index contributed by atoms with van der Waals surface area (Å²) in [6.45, 7) is 1.48. The van der Waals surface area contributed by atoms with Crippen molar-refractivity contribution < 1.29 is 14.4 Å². The highest BCUT2D eigenvalue weighted by Gasteiger charge is 2.27. The molecule has 2 heterocycles. The first-order valence-corrected chi connectivity index (χ1v) is 6.52. The summed E-state index contributed by atoms with van der Waals surface area (Å²) in [5.74, 6) is -0.637. The lowest BCUT2D eigenvalue weighted by Gasteiger charge is -2.18. The van der Waals surface area contributed by atoms with Crippen LogP contribution in [0.1, 0.15) is 25.7 Å². The molecule has 0 aromatic carbocycles. The Balaban J connectivity index is 2.02. The fraction of sp³-hybridized carbons (Fsp3) is 0.545. The summed E-state index contributed by atoms with van der Waals surface area (Å²) >= 11 is 0.785. The Morgan fingerprint density at radius 2 is 1.82 bits per heavy atom. The largest absolute Gasteiger partial charge is 0.339 e. The first-order chi connectivity index (χ1) is 8.16. The Hall–Kier alpha value is -1.30. The van der Waals surface area contributed by atoms with Crippen molar-refractivity contribution in [3.8, 4) is 0 Å². The molecule has 2 rings (SSSR count). The number of amides is 3. The third kappa shape index (κ3) is 3.09. The fourth-order valence-electron chi connectivity index (χ4n) is 1.92. The van der Waals surface area contributed by atoms with Crippen LogP contribution >= 0.6 is 11.8 Å². The molecule has 2 saturated heterocycles. The number of carbonyl (C=O) groups is 3. The van der Waals surface area contributed by atoms with Crippen LogP contribution in [0.15, 0.2) is 11.0 Å². The molecular formula is C11H14N2O3S. The summed E-state index contributed by atoms with van der Waals surface area (Å²) < 4.78 is 0. The van der Waals surface area contributed by atoms with Crippen LogP contribution in [0.5, 0.6) is 0 Å². The summed E-state index contributed by atoms with van der Waals surface area (Å²) in [7, 11) is 0. The second-order valence-electron chi connectivity index (χ2n) is 4.09. The zero-order chi connectivity index (χ0) is 12.3. The lowest BCUT2D eigenvalue weighted by atomic mass is 10.2. The highest BCUT2D eigenvalue weighted by molar-refractivity contribution is 8.18. The Morgan fingerprint density at radius 3 is 2.35 bits per heavy atom. The lowest BCUT2D eigenvalue weighted by Crippen LogP contribution is -2.30. The maximum atomic E-state index is 11.9. The molecule has 6 heteroatoms. The van der Waals surface area contributed by atoms with Crippen molar-refractivity contribution in [1.29, 1.82) is 0 Å². The van der Waals surface area contributed by atoms with Gasteiger partial charge in [0.05, 0.1) is 4.91 Å². The van der Waals surface area contributed by atoms with Gasteiger partial charge in [0.1, 0.15) is 0 Å². The number of carbonyl (C=O) groups excluding carboxylic acids is 3. The minimum absolute atomic E-state index is 0.167. The number of thioether (sulfide) groups is 1. The van der Waals surface area contributed by atoms with Gasteiger partial charge in [0.25, 0.3) is 11.1 Å². The van der Waals surface area contributed by atoms with E-state index in [1.807, 2.05) is 0 Å². The van der Waals surface area contributed by atoms with Crippen LogP contribution in [0, 0.1) is 0 Å². The van der Waals surface area contributed by atoms with Crippen molar-refractivity contribution in [2.24, 2.45) is 0 Å². The summed E-state index contributed by atoms with van der Waals surface area (Å²) in [6.07, 6.45) is 5.58. The lowest BCUT2D eigenvalue weighted by molar-refractivity contribution is -0.126. The van der Waals surface area contributed by atoms with Crippen molar-refractivity contribution in [2.75, 3.05) is 13.1 Å². The maximum absolute atomic E-state index is 11.9. The summed E-state index contributed by atoms with van der Waals surface area (Å²) in [5, 5.41) is 1.72. The van der Waals surface area contributed by atoms with E-state index in [0.29, 0.717) is 0 Å². The first-order valence-electron chi connectivity index (χ1n) is 5.70. The van der Waals surface area contributed by atoms with Crippen molar-refractivity contribution in [1.82, 2.24) is 10.2 Å². The molecular weight excluding hydrogens is 240 g/mol. The number of imide groups is 1. The molecule has 0 radical (unpaired) electrons. The van der Waals surface area contributed by atoms with Crippen LogP contribution in [0.25, 0.3) is 0 Å². The van der Waals surface area contributed by atoms with Crippen LogP contribution in [0.2, 0.25) is 0 Å². The molecule has 0 aliphatic carbocycles. The SMILES string of the molecule is O=C1NC(=O)C(=CC(=O)N2CCCCCC2)S1. The van der Waals surface area contributed by atoms with Crippen LogP contribution in [0.3, 0.4) is 0 Å². The zero-order valence-corrected chi connectivity index (χ0v) is 10.2. The van der Waals surface area contributed by atoms with Gasteiger partial charge in [0.2, 0.25) is 5.91 Å². The van der Waals surface area contributed by atoms with Crippen molar-refractivity contribution in [2.45, 2.75) is 25.7 Å². The molecule has 5 nitrogen and oxygen atoms in total. The summed E-state index contributed by atoms with van der Waals surface area (Å²) in [4.78, 5) is 36.1. The van der Waals surface area contributed by atoms with Gasteiger partial charge >= 0.3 is 0 Å². The van der Waals surface area contributed by atoms with Crippen LogP contribution in [-0.2, 0) is 9.59 Å². The van der Waals surface area contributed by atoms with Crippen LogP contribution in [-0.4, -0.2) is 35.0 Å². The van der Waals surface area contributed by atoms with Gasteiger partial charge in [0, 0.05) is 19.2 Å². The van der Waals surface area contributed by atoms with E-state index in [1.54, 1.807) is 4.90 Å². The van der Waals surface area contributed by atoms with Gasteiger partial charge in [-0.2, -0.15) is 0 Å². The Bertz CT molecular complexity index is 384. The third-order valence-corrected chi connectivity index (χ3v) is 3.62. The molecule has 2 fully saturated rings. The molecule has 2 aliphatic rings. The number of nitrogens with one attached hydrogen (secondary N) is 1. The van der Waals surface area contributed by atoms with E-state index in [0.717, 1.165) is 50.5 Å². The maximum Gasteiger partial charge on any atom is 0.290 e. The zero-order valence-electron chi connectivity index (χ0n) is 9.40. The molecule has 0 aromatic heterocycles. The minimum Gasteiger partial charge on any atom is -0.339 e. The molecule has 0 atom stereocenters. The van der Waals surface area contributed by atoms with Gasteiger partial charge in [-0.3, -0.25) is 19.7 Å². The van der Waals surface area contributed by atoms with E-state index in [9.17, 15) is 14.4 Å². The molecule has 2 aliphatic heterocycles. The molecule has 0 saturated carbocycles. The smallest absolute Gasteiger partial charge is 0.290 e. The molecule has 0 bridgehead atoms. The number of nitrogens with zero attached hydrogens (tertiary/aromatic N) is 1. The van der Waals surface area contributed by atoms with Gasteiger partial charge in [-0.25, -0.2) is 0 Å². The van der Waals surface area contributed by atoms with E-state index in [-0.39, 0.29) is 10.8 Å². The standard InChI is InChI=1S/C11H14N2O3S/c14-9(13-5-3-1-2-4-6-13)7-8-10(15)12-11(16)17-8/h7H,1-6H2,(H,12,15,16). The average Bonchev–Trinajstić information content (AvgIpc) is 2.54. The Morgan fingerprint density at radius 1 is 1.18 bits per heavy atom. The van der Waals surface area contributed by atoms with E-state index >= 15 is 0 Å². The van der Waals surface area contributed by atoms with E-state index in [4.69, 9.17) is 0 Å². The van der Waals surface area contributed by atoms with Gasteiger partial charge in [-0.05, 0) is 24.6 Å². The summed E-state index contributed by atoms with van der Waals surface area (Å²) in [5.41, 5.74) is 0. The average molecular weight is 254 g/mol. The molecule has 17 heavy (non-hydrogen) atoms. The molecule has 3 amide bonds. The molecule has 0 unspecified atom stereocenters. The molecule has 1 N–H and O–H groups in total. The van der Waals surface area contributed by atoms with E-state index in [2.05, 4.69) is 5.32 Å². The number of hydrogen-bond donors (Lipinski definition) is 1. The number of hydrogen-bond acceptors (Lipinski definition) is 4. The predicted molar refractivity (Wildman–Crippen MR) is 64.3 cm³/mol. The van der Waals surface area contributed by atoms with Gasteiger partial charge in [-0.1, -0.05) is 12.8 Å². The quantitative estimate of drug-likeness (QED) is 0.715. The minimum atomic E-state index is -0.469. The second-order valence-corrected chi connectivity index (χ2v) is 5.11. The van der Waals surface area contributed by atoms with Crippen molar-refractivity contribution >= 4 is 28.8 Å². The fourth-order valence-corrected chi connectivity index (χ4v) is 2.56. The van der Waals surface area contributed by atoms with E-state index in [1.165, 1.54) is 6.08 Å². The van der Waals surface area contributed by atoms with Gasteiger partial charge < -0.3 is 4.90 Å². The van der Waals surface area contributed by atoms with Gasteiger partial charge in [-0.15, -0.1) is 0 Å². The van der Waals surface area contributed by atoms with Crippen LogP contribution in [0.4, 0.5) is 4.79 Å². The first kappa shape index (κ1) is 12.2. The molecule has 0 aromatic rings. The highest BCUT2D eigenvalue weighted by atomic mass is 32.2. The number of likely N-dealkylation sites (tertiary alicyclic amines) is 1.